The molecule has 1 heterocycles. The fourth-order valence-electron chi connectivity index (χ4n) is 2.56. The molecule has 130 valence electrons. The van der Waals surface area contributed by atoms with Crippen LogP contribution in [0.2, 0.25) is 0 Å². The van der Waals surface area contributed by atoms with Gasteiger partial charge >= 0.3 is 15.8 Å². The Balaban J connectivity index is 1.86. The second-order valence-corrected chi connectivity index (χ2v) is 6.95. The van der Waals surface area contributed by atoms with Crippen LogP contribution in [0, 0.1) is 10.1 Å². The van der Waals surface area contributed by atoms with Crippen molar-refractivity contribution in [2.45, 2.75) is 17.7 Å². The molecule has 0 N–H and O–H groups in total. The third-order valence-electron chi connectivity index (χ3n) is 3.77. The van der Waals surface area contributed by atoms with E-state index in [0.29, 0.717) is 18.7 Å². The van der Waals surface area contributed by atoms with Gasteiger partial charge in [-0.3, -0.25) is 14.9 Å². The van der Waals surface area contributed by atoms with Crippen LogP contribution in [0.5, 0.6) is 5.75 Å². The summed E-state index contributed by atoms with van der Waals surface area (Å²) >= 11 is 0. The highest BCUT2D eigenvalue weighted by molar-refractivity contribution is 7.87. The number of carbonyl (C=O) groups is 1. The van der Waals surface area contributed by atoms with Crippen molar-refractivity contribution in [2.24, 2.45) is 0 Å². The Kier molecular flexibility index (Phi) is 4.41. The van der Waals surface area contributed by atoms with Gasteiger partial charge in [0.15, 0.2) is 0 Å². The highest BCUT2D eigenvalue weighted by Gasteiger charge is 2.25. The van der Waals surface area contributed by atoms with Gasteiger partial charge in [0.1, 0.15) is 4.90 Å². The first-order valence-electron chi connectivity index (χ1n) is 7.47. The van der Waals surface area contributed by atoms with Gasteiger partial charge in [-0.25, -0.2) is 0 Å². The summed E-state index contributed by atoms with van der Waals surface area (Å²) in [6.45, 7) is 0.595. The Morgan fingerprint density at radius 1 is 1.08 bits per heavy atom. The summed E-state index contributed by atoms with van der Waals surface area (Å²) in [5.74, 6) is -0.363. The van der Waals surface area contributed by atoms with Crippen LogP contribution in [0.15, 0.2) is 53.4 Å². The normalized spacial score (nSPS) is 14.6. The first-order chi connectivity index (χ1) is 11.9. The van der Waals surface area contributed by atoms with E-state index in [1.54, 1.807) is 4.90 Å². The zero-order chi connectivity index (χ0) is 18.0. The molecule has 0 aliphatic carbocycles. The average Bonchev–Trinajstić information content (AvgIpc) is 3.01. The standard InChI is InChI=1S/C16H14N2O6S/c19-16-6-3-11-17(16)12-7-9-13(10-8-12)25(22,23)24-15-5-2-1-4-14(15)18(20)21/h1-2,4-5,7-10H,3,6,11H2. The molecule has 1 aliphatic rings. The molecule has 9 heteroatoms. The molecule has 1 fully saturated rings. The fourth-order valence-corrected chi connectivity index (χ4v) is 3.50. The summed E-state index contributed by atoms with van der Waals surface area (Å²) < 4.78 is 29.6. The fraction of sp³-hybridized carbons (Fsp3) is 0.188. The number of hydrogen-bond donors (Lipinski definition) is 0. The molecule has 0 atom stereocenters. The van der Waals surface area contributed by atoms with Gasteiger partial charge in [-0.05, 0) is 36.8 Å². The maximum absolute atomic E-state index is 12.3. The van der Waals surface area contributed by atoms with Gasteiger partial charge in [-0.1, -0.05) is 12.1 Å². The van der Waals surface area contributed by atoms with E-state index in [4.69, 9.17) is 4.18 Å². The van der Waals surface area contributed by atoms with Crippen molar-refractivity contribution in [3.63, 3.8) is 0 Å². The lowest BCUT2D eigenvalue weighted by Crippen LogP contribution is -2.23. The van der Waals surface area contributed by atoms with E-state index in [9.17, 15) is 23.3 Å². The molecule has 0 bridgehead atoms. The Morgan fingerprint density at radius 2 is 1.76 bits per heavy atom. The van der Waals surface area contributed by atoms with Gasteiger partial charge in [0, 0.05) is 24.7 Å². The predicted molar refractivity (Wildman–Crippen MR) is 88.9 cm³/mol. The molecule has 25 heavy (non-hydrogen) atoms. The van der Waals surface area contributed by atoms with E-state index in [2.05, 4.69) is 0 Å². The van der Waals surface area contributed by atoms with E-state index in [0.717, 1.165) is 12.5 Å². The second-order valence-electron chi connectivity index (χ2n) is 5.41. The predicted octanol–water partition coefficient (Wildman–Crippen LogP) is 2.49. The molecule has 0 radical (unpaired) electrons. The lowest BCUT2D eigenvalue weighted by atomic mass is 10.3. The maximum Gasteiger partial charge on any atom is 0.339 e. The quantitative estimate of drug-likeness (QED) is 0.459. The average molecular weight is 362 g/mol. The molecule has 0 spiro atoms. The van der Waals surface area contributed by atoms with Crippen LogP contribution >= 0.6 is 0 Å². The first-order valence-corrected chi connectivity index (χ1v) is 8.88. The number of rotatable bonds is 5. The lowest BCUT2D eigenvalue weighted by molar-refractivity contribution is -0.385. The maximum atomic E-state index is 12.3. The largest absolute Gasteiger partial charge is 0.372 e. The first kappa shape index (κ1) is 16.9. The number of para-hydroxylation sites is 2. The van der Waals surface area contributed by atoms with E-state index in [1.165, 1.54) is 42.5 Å². The molecule has 0 unspecified atom stereocenters. The third-order valence-corrected chi connectivity index (χ3v) is 5.02. The lowest BCUT2D eigenvalue weighted by Gasteiger charge is -2.16. The number of nitro benzene ring substituents is 1. The number of amides is 1. The Morgan fingerprint density at radius 3 is 2.36 bits per heavy atom. The number of carbonyl (C=O) groups excluding carboxylic acids is 1. The number of nitrogens with zero attached hydrogens (tertiary/aromatic N) is 2. The molecular weight excluding hydrogens is 348 g/mol. The Bertz CT molecular complexity index is 924. The highest BCUT2D eigenvalue weighted by atomic mass is 32.2. The van der Waals surface area contributed by atoms with Crippen LogP contribution in [-0.2, 0) is 14.9 Å². The minimum absolute atomic E-state index is 0.00762. The zero-order valence-corrected chi connectivity index (χ0v) is 13.8. The topological polar surface area (TPSA) is 107 Å². The van der Waals surface area contributed by atoms with Crippen molar-refractivity contribution >= 4 is 27.4 Å². The van der Waals surface area contributed by atoms with E-state index in [1.807, 2.05) is 0 Å². The minimum atomic E-state index is -4.23. The van der Waals surface area contributed by atoms with Gasteiger partial charge < -0.3 is 9.08 Å². The molecular formula is C16H14N2O6S. The molecule has 8 nitrogen and oxygen atoms in total. The molecule has 0 aromatic heterocycles. The molecule has 1 amide bonds. The molecule has 2 aromatic carbocycles. The molecule has 1 saturated heterocycles. The number of anilines is 1. The number of nitro groups is 1. The minimum Gasteiger partial charge on any atom is -0.372 e. The van der Waals surface area contributed by atoms with Crippen molar-refractivity contribution < 1.29 is 22.3 Å². The van der Waals surface area contributed by atoms with Crippen LogP contribution in [0.1, 0.15) is 12.8 Å². The summed E-state index contributed by atoms with van der Waals surface area (Å²) in [6, 6.07) is 10.9. The van der Waals surface area contributed by atoms with Crippen LogP contribution in [0.3, 0.4) is 0 Å². The second kappa shape index (κ2) is 6.52. The van der Waals surface area contributed by atoms with Crippen LogP contribution < -0.4 is 9.08 Å². The summed E-state index contributed by atoms with van der Waals surface area (Å²) in [7, 11) is -4.23. The summed E-state index contributed by atoms with van der Waals surface area (Å²) in [6.07, 6.45) is 1.24. The van der Waals surface area contributed by atoms with Crippen molar-refractivity contribution in [3.05, 3.63) is 58.6 Å². The summed E-state index contributed by atoms with van der Waals surface area (Å²) in [5.41, 5.74) is 0.164. The number of hydrogen-bond acceptors (Lipinski definition) is 6. The number of benzene rings is 2. The van der Waals surface area contributed by atoms with Crippen LogP contribution in [-0.4, -0.2) is 25.8 Å². The van der Waals surface area contributed by atoms with E-state index < -0.39 is 20.7 Å². The summed E-state index contributed by atoms with van der Waals surface area (Å²) in [4.78, 5) is 23.4. The highest BCUT2D eigenvalue weighted by Crippen LogP contribution is 2.30. The summed E-state index contributed by atoms with van der Waals surface area (Å²) in [5, 5.41) is 11.0. The van der Waals surface area contributed by atoms with Gasteiger partial charge in [0.2, 0.25) is 11.7 Å². The van der Waals surface area contributed by atoms with Crippen molar-refractivity contribution in [2.75, 3.05) is 11.4 Å². The van der Waals surface area contributed by atoms with Gasteiger partial charge in [-0.15, -0.1) is 0 Å². The molecule has 1 aliphatic heterocycles. The van der Waals surface area contributed by atoms with Crippen molar-refractivity contribution in [1.29, 1.82) is 0 Å². The third kappa shape index (κ3) is 3.45. The van der Waals surface area contributed by atoms with Crippen LogP contribution in [0.4, 0.5) is 11.4 Å². The Labute approximate surface area is 143 Å². The van der Waals surface area contributed by atoms with Gasteiger partial charge in [-0.2, -0.15) is 8.42 Å². The molecule has 2 aromatic rings. The van der Waals surface area contributed by atoms with Gasteiger partial charge in [0.25, 0.3) is 0 Å². The smallest absolute Gasteiger partial charge is 0.339 e. The monoisotopic (exact) mass is 362 g/mol. The molecule has 0 saturated carbocycles. The van der Waals surface area contributed by atoms with Crippen molar-refractivity contribution in [3.8, 4) is 5.75 Å². The van der Waals surface area contributed by atoms with Crippen molar-refractivity contribution in [1.82, 2.24) is 0 Å². The van der Waals surface area contributed by atoms with Crippen LogP contribution in [0.25, 0.3) is 0 Å². The van der Waals surface area contributed by atoms with E-state index >= 15 is 0 Å². The SMILES string of the molecule is O=C1CCCN1c1ccc(S(=O)(=O)Oc2ccccc2[N+](=O)[O-])cc1. The van der Waals surface area contributed by atoms with E-state index in [-0.39, 0.29) is 16.6 Å². The molecule has 3 rings (SSSR count). The Hall–Kier alpha value is -2.94. The zero-order valence-electron chi connectivity index (χ0n) is 13.0. The van der Waals surface area contributed by atoms with Gasteiger partial charge in [0.05, 0.1) is 4.92 Å².